The summed E-state index contributed by atoms with van der Waals surface area (Å²) in [6, 6.07) is 5.93. The molecule has 0 atom stereocenters. The van der Waals surface area contributed by atoms with Crippen LogP contribution < -0.4 is 10.2 Å². The predicted molar refractivity (Wildman–Crippen MR) is 80.8 cm³/mol. The predicted octanol–water partition coefficient (Wildman–Crippen LogP) is 3.32. The Morgan fingerprint density at radius 1 is 1.06 bits per heavy atom. The van der Waals surface area contributed by atoms with Crippen molar-refractivity contribution in [3.8, 4) is 5.75 Å². The molecule has 0 saturated carbocycles. The van der Waals surface area contributed by atoms with Gasteiger partial charge in [0.1, 0.15) is 0 Å². The average molecular weight is 282 g/mol. The molecule has 18 heavy (non-hydrogen) atoms. The first-order valence-corrected chi connectivity index (χ1v) is 8.48. The lowest BCUT2D eigenvalue weighted by atomic mass is 10.2. The third-order valence-electron chi connectivity index (χ3n) is 2.93. The van der Waals surface area contributed by atoms with Gasteiger partial charge in [0.15, 0.2) is 5.75 Å². The summed E-state index contributed by atoms with van der Waals surface area (Å²) < 4.78 is 5.34. The summed E-state index contributed by atoms with van der Waals surface area (Å²) in [6.07, 6.45) is 2.49. The van der Waals surface area contributed by atoms with Gasteiger partial charge in [0.25, 0.3) is 0 Å². The maximum atomic E-state index is 12.4. The number of rotatable bonds is 1. The number of hydrogen-bond acceptors (Lipinski definition) is 4. The molecule has 0 unspecified atom stereocenters. The maximum absolute atomic E-state index is 12.4. The van der Waals surface area contributed by atoms with Crippen molar-refractivity contribution >= 4 is 23.5 Å². The van der Waals surface area contributed by atoms with Crippen LogP contribution in [0.5, 0.6) is 5.75 Å². The lowest BCUT2D eigenvalue weighted by Gasteiger charge is -2.07. The van der Waals surface area contributed by atoms with E-state index in [1.165, 1.54) is 12.8 Å². The Bertz CT molecular complexity index is 460. The Hall–Kier alpha value is -0.610. The summed E-state index contributed by atoms with van der Waals surface area (Å²) in [5, 5.41) is 0. The minimum absolute atomic E-state index is 0.0613. The van der Waals surface area contributed by atoms with E-state index >= 15 is 0 Å². The fourth-order valence-corrected chi connectivity index (χ4v) is 3.95. The van der Waals surface area contributed by atoms with Crippen LogP contribution in [-0.2, 0) is 11.5 Å². The molecule has 0 saturated heterocycles. The molecular weight excluding hydrogens is 264 g/mol. The summed E-state index contributed by atoms with van der Waals surface area (Å²) >= 11 is 3.72. The molecule has 4 heteroatoms. The van der Waals surface area contributed by atoms with Crippen molar-refractivity contribution in [1.82, 2.24) is 0 Å². The minimum Gasteiger partial charge on any atom is -0.492 e. The van der Waals surface area contributed by atoms with Crippen molar-refractivity contribution in [2.75, 3.05) is 18.6 Å². The van der Waals surface area contributed by atoms with Crippen LogP contribution in [0.3, 0.4) is 0 Å². The SMILES string of the molecule is COc1c2cccc(c1=O)CSCCCCSC2. The van der Waals surface area contributed by atoms with E-state index in [9.17, 15) is 4.79 Å². The quantitative estimate of drug-likeness (QED) is 0.789. The number of methoxy groups -OCH3 is 1. The molecular formula is C14H18O2S2. The monoisotopic (exact) mass is 282 g/mol. The van der Waals surface area contributed by atoms with Crippen LogP contribution in [0.15, 0.2) is 23.0 Å². The van der Waals surface area contributed by atoms with E-state index in [-0.39, 0.29) is 5.43 Å². The van der Waals surface area contributed by atoms with Gasteiger partial charge in [-0.2, -0.15) is 23.5 Å². The normalized spacial score (nSPS) is 16.7. The van der Waals surface area contributed by atoms with Crippen LogP contribution in [0.4, 0.5) is 0 Å². The van der Waals surface area contributed by atoms with Crippen molar-refractivity contribution in [1.29, 1.82) is 0 Å². The zero-order valence-electron chi connectivity index (χ0n) is 10.6. The van der Waals surface area contributed by atoms with Crippen LogP contribution in [0.25, 0.3) is 0 Å². The number of ether oxygens (including phenoxy) is 1. The molecule has 1 heterocycles. The molecule has 2 bridgehead atoms. The smallest absolute Gasteiger partial charge is 0.224 e. The lowest BCUT2D eigenvalue weighted by molar-refractivity contribution is 0.407. The summed E-state index contributed by atoms with van der Waals surface area (Å²) in [5.41, 5.74) is 1.93. The molecule has 1 aliphatic heterocycles. The second-order valence-electron chi connectivity index (χ2n) is 4.25. The van der Waals surface area contributed by atoms with E-state index in [2.05, 4.69) is 0 Å². The van der Waals surface area contributed by atoms with Gasteiger partial charge in [0, 0.05) is 22.6 Å². The standard InChI is InChI=1S/C14H18O2S2/c1-16-14-12-6-4-5-11(13(14)15)9-17-7-2-3-8-18-10-12/h4-6H,2-3,7-10H2,1H3. The maximum Gasteiger partial charge on any atom is 0.224 e. The van der Waals surface area contributed by atoms with Gasteiger partial charge in [-0.15, -0.1) is 0 Å². The topological polar surface area (TPSA) is 26.3 Å². The Morgan fingerprint density at radius 2 is 1.67 bits per heavy atom. The van der Waals surface area contributed by atoms with Crippen LogP contribution in [0.2, 0.25) is 0 Å². The first-order chi connectivity index (χ1) is 8.83. The van der Waals surface area contributed by atoms with Crippen LogP contribution >= 0.6 is 23.5 Å². The Balaban J connectivity index is 2.43. The van der Waals surface area contributed by atoms with Crippen molar-refractivity contribution in [3.05, 3.63) is 39.5 Å². The van der Waals surface area contributed by atoms with Crippen molar-refractivity contribution in [2.45, 2.75) is 24.3 Å². The highest BCUT2D eigenvalue weighted by molar-refractivity contribution is 7.98. The molecule has 0 spiro atoms. The van der Waals surface area contributed by atoms with Gasteiger partial charge >= 0.3 is 0 Å². The van der Waals surface area contributed by atoms with E-state index in [0.29, 0.717) is 5.75 Å². The third kappa shape index (κ3) is 3.45. The minimum atomic E-state index is 0.0613. The second kappa shape index (κ2) is 7.10. The van der Waals surface area contributed by atoms with Gasteiger partial charge < -0.3 is 4.74 Å². The van der Waals surface area contributed by atoms with E-state index < -0.39 is 0 Å². The van der Waals surface area contributed by atoms with Gasteiger partial charge in [0.2, 0.25) is 5.43 Å². The fraction of sp³-hybridized carbons (Fsp3) is 0.500. The van der Waals surface area contributed by atoms with E-state index in [4.69, 9.17) is 4.74 Å². The highest BCUT2D eigenvalue weighted by Crippen LogP contribution is 2.23. The van der Waals surface area contributed by atoms with Gasteiger partial charge in [0.05, 0.1) is 7.11 Å². The van der Waals surface area contributed by atoms with Crippen molar-refractivity contribution in [2.24, 2.45) is 0 Å². The van der Waals surface area contributed by atoms with E-state index in [1.807, 2.05) is 41.7 Å². The van der Waals surface area contributed by atoms with Gasteiger partial charge in [-0.25, -0.2) is 0 Å². The van der Waals surface area contributed by atoms with Gasteiger partial charge in [-0.3, -0.25) is 4.79 Å². The summed E-state index contributed by atoms with van der Waals surface area (Å²) in [7, 11) is 1.59. The fourth-order valence-electron chi connectivity index (χ4n) is 1.95. The molecule has 98 valence electrons. The molecule has 1 aromatic rings. The van der Waals surface area contributed by atoms with Gasteiger partial charge in [-0.1, -0.05) is 18.2 Å². The Kier molecular flexibility index (Phi) is 5.45. The lowest BCUT2D eigenvalue weighted by Crippen LogP contribution is -2.10. The van der Waals surface area contributed by atoms with Crippen LogP contribution in [0, 0.1) is 0 Å². The average Bonchev–Trinajstić information content (AvgIpc) is 2.50. The highest BCUT2D eigenvalue weighted by atomic mass is 32.2. The molecule has 1 aromatic carbocycles. The number of fused-ring (bicyclic) bond motifs is 3. The Morgan fingerprint density at radius 3 is 2.33 bits per heavy atom. The van der Waals surface area contributed by atoms with Crippen LogP contribution in [0.1, 0.15) is 24.0 Å². The first-order valence-electron chi connectivity index (χ1n) is 6.17. The molecule has 2 rings (SSSR count). The van der Waals surface area contributed by atoms with Crippen molar-refractivity contribution in [3.63, 3.8) is 0 Å². The molecule has 0 amide bonds. The largest absolute Gasteiger partial charge is 0.492 e. The second-order valence-corrected chi connectivity index (χ2v) is 6.46. The summed E-state index contributed by atoms with van der Waals surface area (Å²) in [5.74, 6) is 4.47. The third-order valence-corrected chi connectivity index (χ3v) is 5.12. The first kappa shape index (κ1) is 13.8. The zero-order valence-corrected chi connectivity index (χ0v) is 12.2. The molecule has 2 nitrogen and oxygen atoms in total. The van der Waals surface area contributed by atoms with E-state index in [1.54, 1.807) is 7.11 Å². The summed E-state index contributed by atoms with van der Waals surface area (Å²) in [4.78, 5) is 12.4. The molecule has 0 fully saturated rings. The molecule has 1 aliphatic rings. The summed E-state index contributed by atoms with van der Waals surface area (Å²) in [6.45, 7) is 0. The van der Waals surface area contributed by atoms with E-state index in [0.717, 1.165) is 34.1 Å². The van der Waals surface area contributed by atoms with Gasteiger partial charge in [-0.05, 0) is 24.3 Å². The molecule has 0 aliphatic carbocycles. The molecule has 0 aromatic heterocycles. The molecule has 0 radical (unpaired) electrons. The number of hydrogen-bond donors (Lipinski definition) is 0. The number of thioether (sulfide) groups is 2. The Labute approximate surface area is 117 Å². The highest BCUT2D eigenvalue weighted by Gasteiger charge is 2.10. The van der Waals surface area contributed by atoms with Crippen molar-refractivity contribution < 1.29 is 4.74 Å². The van der Waals surface area contributed by atoms with Crippen LogP contribution in [-0.4, -0.2) is 18.6 Å². The zero-order chi connectivity index (χ0) is 12.8. The molecule has 0 N–H and O–H groups in total.